The Bertz CT molecular complexity index is 359. The number of amides is 2. The highest BCUT2D eigenvalue weighted by Crippen LogP contribution is 2.27. The van der Waals surface area contributed by atoms with E-state index in [4.69, 9.17) is 5.11 Å². The zero-order valence-electron chi connectivity index (χ0n) is 12.3. The van der Waals surface area contributed by atoms with E-state index in [9.17, 15) is 9.59 Å². The molecule has 5 nitrogen and oxygen atoms in total. The number of urea groups is 1. The number of carbonyl (C=O) groups excluding carboxylic acids is 1. The third-order valence-electron chi connectivity index (χ3n) is 4.75. The highest BCUT2D eigenvalue weighted by atomic mass is 16.4. The van der Waals surface area contributed by atoms with Crippen molar-refractivity contribution >= 4 is 12.0 Å². The second kappa shape index (κ2) is 6.95. The van der Waals surface area contributed by atoms with Gasteiger partial charge in [-0.2, -0.15) is 0 Å². The molecule has 0 spiro atoms. The second-order valence-corrected chi connectivity index (χ2v) is 6.21. The number of nitrogens with one attached hydrogen (secondary N) is 1. The van der Waals surface area contributed by atoms with Gasteiger partial charge >= 0.3 is 12.0 Å². The molecule has 0 aromatic rings. The number of likely N-dealkylation sites (tertiary alicyclic amines) is 1. The van der Waals surface area contributed by atoms with Crippen LogP contribution in [0.25, 0.3) is 0 Å². The first-order chi connectivity index (χ1) is 9.60. The van der Waals surface area contributed by atoms with Gasteiger partial charge in [-0.25, -0.2) is 4.79 Å². The molecule has 3 atom stereocenters. The molecule has 3 unspecified atom stereocenters. The van der Waals surface area contributed by atoms with E-state index >= 15 is 0 Å². The SMILES string of the molecule is CCC1CCCC(NC(=O)N2CCCC(C(=O)O)C2)C1. The van der Waals surface area contributed by atoms with Crippen LogP contribution >= 0.6 is 0 Å². The van der Waals surface area contributed by atoms with Crippen LogP contribution in [0.4, 0.5) is 4.79 Å². The number of nitrogens with zero attached hydrogens (tertiary/aromatic N) is 1. The summed E-state index contributed by atoms with van der Waals surface area (Å²) in [5.74, 6) is -0.461. The average molecular weight is 282 g/mol. The van der Waals surface area contributed by atoms with Gasteiger partial charge in [0.2, 0.25) is 0 Å². The monoisotopic (exact) mass is 282 g/mol. The number of aliphatic carboxylic acids is 1. The van der Waals surface area contributed by atoms with E-state index < -0.39 is 11.9 Å². The number of hydrogen-bond acceptors (Lipinski definition) is 2. The van der Waals surface area contributed by atoms with Gasteiger partial charge in [0.15, 0.2) is 0 Å². The van der Waals surface area contributed by atoms with E-state index in [2.05, 4.69) is 12.2 Å². The lowest BCUT2D eigenvalue weighted by atomic mass is 9.84. The van der Waals surface area contributed by atoms with Crippen molar-refractivity contribution < 1.29 is 14.7 Å². The molecular weight excluding hydrogens is 256 g/mol. The molecule has 0 radical (unpaired) electrons. The fraction of sp³-hybridized carbons (Fsp3) is 0.867. The minimum atomic E-state index is -0.786. The fourth-order valence-electron chi connectivity index (χ4n) is 3.42. The van der Waals surface area contributed by atoms with Crippen molar-refractivity contribution in [2.45, 2.75) is 57.9 Å². The van der Waals surface area contributed by atoms with Crippen LogP contribution in [0.5, 0.6) is 0 Å². The molecule has 2 fully saturated rings. The van der Waals surface area contributed by atoms with E-state index in [-0.39, 0.29) is 12.1 Å². The first-order valence-corrected chi connectivity index (χ1v) is 7.88. The summed E-state index contributed by atoms with van der Waals surface area (Å²) in [4.78, 5) is 25.0. The summed E-state index contributed by atoms with van der Waals surface area (Å²) in [6.07, 6.45) is 7.22. The average Bonchev–Trinajstić information content (AvgIpc) is 2.47. The minimum absolute atomic E-state index is 0.0716. The van der Waals surface area contributed by atoms with Crippen molar-refractivity contribution in [1.82, 2.24) is 10.2 Å². The summed E-state index contributed by atoms with van der Waals surface area (Å²) in [6, 6.07) is 0.198. The van der Waals surface area contributed by atoms with Crippen LogP contribution in [0.2, 0.25) is 0 Å². The maximum Gasteiger partial charge on any atom is 0.317 e. The number of carbonyl (C=O) groups is 2. The van der Waals surface area contributed by atoms with Gasteiger partial charge in [0.05, 0.1) is 5.92 Å². The van der Waals surface area contributed by atoms with Crippen molar-refractivity contribution in [2.75, 3.05) is 13.1 Å². The zero-order chi connectivity index (χ0) is 14.5. The Morgan fingerprint density at radius 2 is 2.05 bits per heavy atom. The summed E-state index contributed by atoms with van der Waals surface area (Å²) in [6.45, 7) is 3.24. The van der Waals surface area contributed by atoms with Gasteiger partial charge < -0.3 is 15.3 Å². The first kappa shape index (κ1) is 15.1. The molecule has 1 saturated carbocycles. The molecule has 2 N–H and O–H groups in total. The number of piperidine rings is 1. The highest BCUT2D eigenvalue weighted by Gasteiger charge is 2.30. The smallest absolute Gasteiger partial charge is 0.317 e. The second-order valence-electron chi connectivity index (χ2n) is 6.21. The van der Waals surface area contributed by atoms with E-state index in [1.807, 2.05) is 0 Å². The molecule has 2 aliphatic rings. The standard InChI is InChI=1S/C15H26N2O3/c1-2-11-5-3-7-13(9-11)16-15(20)17-8-4-6-12(10-17)14(18)19/h11-13H,2-10H2,1H3,(H,16,20)(H,18,19). The zero-order valence-corrected chi connectivity index (χ0v) is 12.3. The normalized spacial score (nSPS) is 30.9. The molecule has 5 heteroatoms. The summed E-state index contributed by atoms with van der Waals surface area (Å²) in [7, 11) is 0. The topological polar surface area (TPSA) is 69.6 Å². The van der Waals surface area contributed by atoms with Gasteiger partial charge in [-0.15, -0.1) is 0 Å². The largest absolute Gasteiger partial charge is 0.481 e. The Balaban J connectivity index is 1.83. The molecule has 114 valence electrons. The molecule has 0 bridgehead atoms. The van der Waals surface area contributed by atoms with E-state index in [0.717, 1.165) is 25.2 Å². The van der Waals surface area contributed by atoms with Crippen molar-refractivity contribution in [3.63, 3.8) is 0 Å². The maximum absolute atomic E-state index is 12.3. The summed E-state index contributed by atoms with van der Waals surface area (Å²) in [5.41, 5.74) is 0. The Kier molecular flexibility index (Phi) is 5.26. The minimum Gasteiger partial charge on any atom is -0.481 e. The van der Waals surface area contributed by atoms with Crippen molar-refractivity contribution in [3.8, 4) is 0 Å². The van der Waals surface area contributed by atoms with Crippen LogP contribution in [0.3, 0.4) is 0 Å². The Morgan fingerprint density at radius 1 is 1.25 bits per heavy atom. The molecule has 0 aromatic heterocycles. The van der Waals surface area contributed by atoms with Crippen LogP contribution in [0.15, 0.2) is 0 Å². The van der Waals surface area contributed by atoms with Gasteiger partial charge in [0, 0.05) is 19.1 Å². The van der Waals surface area contributed by atoms with Crippen LogP contribution in [-0.4, -0.2) is 41.1 Å². The number of carboxylic acids is 1. The summed E-state index contributed by atoms with van der Waals surface area (Å²) >= 11 is 0. The summed E-state index contributed by atoms with van der Waals surface area (Å²) < 4.78 is 0. The molecule has 1 heterocycles. The van der Waals surface area contributed by atoms with E-state index in [0.29, 0.717) is 19.5 Å². The lowest BCUT2D eigenvalue weighted by Gasteiger charge is -2.34. The van der Waals surface area contributed by atoms with Gasteiger partial charge in [-0.05, 0) is 31.6 Å². The van der Waals surface area contributed by atoms with Crippen LogP contribution in [0, 0.1) is 11.8 Å². The van der Waals surface area contributed by atoms with E-state index in [1.54, 1.807) is 4.90 Å². The first-order valence-electron chi connectivity index (χ1n) is 7.88. The quantitative estimate of drug-likeness (QED) is 0.835. The van der Waals surface area contributed by atoms with Crippen LogP contribution in [-0.2, 0) is 4.79 Å². The van der Waals surface area contributed by atoms with Crippen molar-refractivity contribution in [3.05, 3.63) is 0 Å². The lowest BCUT2D eigenvalue weighted by Crippen LogP contribution is -2.50. The Labute approximate surface area is 120 Å². The third kappa shape index (κ3) is 3.87. The third-order valence-corrected chi connectivity index (χ3v) is 4.75. The molecule has 20 heavy (non-hydrogen) atoms. The van der Waals surface area contributed by atoms with Gasteiger partial charge in [0.1, 0.15) is 0 Å². The highest BCUT2D eigenvalue weighted by molar-refractivity contribution is 5.76. The molecule has 1 aliphatic heterocycles. The lowest BCUT2D eigenvalue weighted by molar-refractivity contribution is -0.143. The Morgan fingerprint density at radius 3 is 2.75 bits per heavy atom. The predicted molar refractivity (Wildman–Crippen MR) is 76.5 cm³/mol. The predicted octanol–water partition coefficient (Wildman–Crippen LogP) is 2.46. The van der Waals surface area contributed by atoms with Crippen molar-refractivity contribution in [1.29, 1.82) is 0 Å². The maximum atomic E-state index is 12.3. The van der Waals surface area contributed by atoms with Gasteiger partial charge in [-0.3, -0.25) is 4.79 Å². The fourth-order valence-corrected chi connectivity index (χ4v) is 3.42. The Hall–Kier alpha value is -1.26. The summed E-state index contributed by atoms with van der Waals surface area (Å²) in [5, 5.41) is 12.2. The molecular formula is C15H26N2O3. The molecule has 1 aliphatic carbocycles. The number of carboxylic acid groups (broad SMARTS) is 1. The number of rotatable bonds is 3. The van der Waals surface area contributed by atoms with Gasteiger partial charge in [0.25, 0.3) is 0 Å². The van der Waals surface area contributed by atoms with Crippen molar-refractivity contribution in [2.24, 2.45) is 11.8 Å². The van der Waals surface area contributed by atoms with Gasteiger partial charge in [-0.1, -0.05) is 26.2 Å². The molecule has 1 saturated heterocycles. The molecule has 0 aromatic carbocycles. The molecule has 2 rings (SSSR count). The van der Waals surface area contributed by atoms with Crippen LogP contribution < -0.4 is 5.32 Å². The van der Waals surface area contributed by atoms with Crippen LogP contribution in [0.1, 0.15) is 51.9 Å². The van der Waals surface area contributed by atoms with E-state index in [1.165, 1.54) is 19.3 Å². The number of hydrogen-bond donors (Lipinski definition) is 2. The molecule has 2 amide bonds.